The summed E-state index contributed by atoms with van der Waals surface area (Å²) in [6.45, 7) is 3.72. The van der Waals surface area contributed by atoms with Crippen LogP contribution in [0.1, 0.15) is 21.5 Å². The first-order chi connectivity index (χ1) is 13.1. The monoisotopic (exact) mass is 427 g/mol. The van der Waals surface area contributed by atoms with Gasteiger partial charge < -0.3 is 11.1 Å². The van der Waals surface area contributed by atoms with Crippen molar-refractivity contribution < 1.29 is 18.0 Å². The molecule has 0 radical (unpaired) electrons. The zero-order valence-electron chi connectivity index (χ0n) is 14.2. The summed E-state index contributed by atoms with van der Waals surface area (Å²) in [7, 11) is 0. The summed E-state index contributed by atoms with van der Waals surface area (Å²) in [5.74, 6) is -0.972. The van der Waals surface area contributed by atoms with E-state index in [0.717, 1.165) is 18.5 Å². The molecule has 0 atom stereocenters. The van der Waals surface area contributed by atoms with Crippen molar-refractivity contribution >= 4 is 41.0 Å². The molecule has 0 fully saturated rings. The van der Waals surface area contributed by atoms with E-state index in [0.29, 0.717) is 10.6 Å². The molecule has 3 N–H and O–H groups in total. The van der Waals surface area contributed by atoms with Crippen molar-refractivity contribution in [1.29, 1.82) is 0 Å². The maximum absolute atomic E-state index is 13.1. The Kier molecular flexibility index (Phi) is 6.88. The topological polar surface area (TPSA) is 67.5 Å². The quantitative estimate of drug-likeness (QED) is 0.387. The van der Waals surface area contributed by atoms with Crippen LogP contribution in [0.5, 0.6) is 0 Å². The smallest absolute Gasteiger partial charge is 0.390 e. The van der Waals surface area contributed by atoms with Gasteiger partial charge in [-0.3, -0.25) is 4.79 Å². The first kappa shape index (κ1) is 21.5. The molecule has 0 aliphatic rings. The molecular weight excluding hydrogens is 414 g/mol. The average molecular weight is 428 g/mol. The normalized spacial score (nSPS) is 12.2. The van der Waals surface area contributed by atoms with Crippen LogP contribution in [-0.4, -0.2) is 12.2 Å². The number of alkyl halides is 3. The molecule has 28 heavy (non-hydrogen) atoms. The molecule has 4 nitrogen and oxygen atoms in total. The first-order valence-electron chi connectivity index (χ1n) is 7.71. The zero-order valence-corrected chi connectivity index (χ0v) is 15.7. The number of aliphatic imine (C=N–C) groups is 1. The molecule has 2 aromatic rings. The Morgan fingerprint density at radius 1 is 1.14 bits per heavy atom. The van der Waals surface area contributed by atoms with E-state index in [9.17, 15) is 18.0 Å². The number of benzene rings is 2. The van der Waals surface area contributed by atoms with Crippen molar-refractivity contribution in [2.45, 2.75) is 6.18 Å². The molecule has 1 amide bonds. The van der Waals surface area contributed by atoms with Crippen molar-refractivity contribution in [3.63, 3.8) is 0 Å². The van der Waals surface area contributed by atoms with Crippen LogP contribution >= 0.6 is 23.2 Å². The third kappa shape index (κ3) is 5.15. The first-order valence-corrected chi connectivity index (χ1v) is 8.46. The van der Waals surface area contributed by atoms with Crippen LogP contribution in [0.15, 0.2) is 65.9 Å². The number of hydrogen-bond acceptors (Lipinski definition) is 2. The Labute approximate surface area is 169 Å². The Morgan fingerprint density at radius 3 is 2.43 bits per heavy atom. The Balaban J connectivity index is 2.37. The number of hydrogen-bond donors (Lipinski definition) is 2. The predicted octanol–water partition coefficient (Wildman–Crippen LogP) is 5.28. The Morgan fingerprint density at radius 2 is 1.82 bits per heavy atom. The van der Waals surface area contributed by atoms with Gasteiger partial charge in [0, 0.05) is 17.5 Å². The summed E-state index contributed by atoms with van der Waals surface area (Å²) in [4.78, 5) is 16.2. The molecule has 0 unspecified atom stereocenters. The molecule has 0 aromatic heterocycles. The van der Waals surface area contributed by atoms with Gasteiger partial charge in [0.25, 0.3) is 5.91 Å². The van der Waals surface area contributed by atoms with E-state index in [1.165, 1.54) is 30.5 Å². The lowest BCUT2D eigenvalue weighted by atomic mass is 10.0. The number of nitrogens with two attached hydrogens (primary N) is 1. The van der Waals surface area contributed by atoms with E-state index in [-0.39, 0.29) is 16.3 Å². The predicted molar refractivity (Wildman–Crippen MR) is 105 cm³/mol. The number of amides is 1. The van der Waals surface area contributed by atoms with Gasteiger partial charge in [0.2, 0.25) is 0 Å². The maximum Gasteiger partial charge on any atom is 0.417 e. The molecule has 0 heterocycles. The van der Waals surface area contributed by atoms with Crippen LogP contribution < -0.4 is 11.1 Å². The van der Waals surface area contributed by atoms with E-state index in [1.807, 2.05) is 0 Å². The molecular formula is C19H14Cl2F3N3O. The summed E-state index contributed by atoms with van der Waals surface area (Å²) in [6.07, 6.45) is -2.38. The van der Waals surface area contributed by atoms with Crippen LogP contribution in [0, 0.1) is 0 Å². The third-order valence-electron chi connectivity index (χ3n) is 3.59. The van der Waals surface area contributed by atoms with Crippen molar-refractivity contribution in [3.05, 3.63) is 87.7 Å². The Bertz CT molecular complexity index is 969. The summed E-state index contributed by atoms with van der Waals surface area (Å²) < 4.78 is 39.4. The van der Waals surface area contributed by atoms with E-state index >= 15 is 0 Å². The summed E-state index contributed by atoms with van der Waals surface area (Å²) in [5, 5.41) is 2.90. The van der Waals surface area contributed by atoms with Crippen molar-refractivity contribution in [3.8, 4) is 0 Å². The molecule has 0 spiro atoms. The molecule has 0 aliphatic heterocycles. The van der Waals surface area contributed by atoms with E-state index in [1.54, 1.807) is 6.07 Å². The number of carbonyl (C=O) groups is 1. The lowest BCUT2D eigenvalue weighted by Crippen LogP contribution is -2.26. The van der Waals surface area contributed by atoms with Gasteiger partial charge in [0.05, 0.1) is 27.5 Å². The minimum atomic E-state index is -4.68. The molecule has 0 saturated heterocycles. The SMILES string of the molecule is C=C(NC(=O)c1ccccc1C(F)(F)F)/C(=C\N=CN)c1ccc(Cl)c(Cl)c1. The number of nitrogens with one attached hydrogen (secondary N) is 1. The fourth-order valence-corrected chi connectivity index (χ4v) is 2.61. The molecule has 0 aliphatic carbocycles. The van der Waals surface area contributed by atoms with Crippen molar-refractivity contribution in [2.24, 2.45) is 10.7 Å². The number of rotatable bonds is 5. The summed E-state index contributed by atoms with van der Waals surface area (Å²) in [6, 6.07) is 9.05. The van der Waals surface area contributed by atoms with Crippen LogP contribution in [-0.2, 0) is 6.18 Å². The van der Waals surface area contributed by atoms with Gasteiger partial charge in [-0.2, -0.15) is 13.2 Å². The van der Waals surface area contributed by atoms with E-state index in [4.69, 9.17) is 28.9 Å². The van der Waals surface area contributed by atoms with Gasteiger partial charge >= 0.3 is 6.18 Å². The second kappa shape index (κ2) is 8.95. The highest BCUT2D eigenvalue weighted by atomic mass is 35.5. The van der Waals surface area contributed by atoms with Gasteiger partial charge in [-0.15, -0.1) is 0 Å². The minimum Gasteiger partial charge on any atom is -0.390 e. The minimum absolute atomic E-state index is 0.00552. The lowest BCUT2D eigenvalue weighted by Gasteiger charge is -2.15. The third-order valence-corrected chi connectivity index (χ3v) is 4.33. The number of halogens is 5. The van der Waals surface area contributed by atoms with E-state index in [2.05, 4.69) is 16.9 Å². The van der Waals surface area contributed by atoms with Gasteiger partial charge in [-0.25, -0.2) is 4.99 Å². The van der Waals surface area contributed by atoms with Crippen LogP contribution in [0.2, 0.25) is 10.0 Å². The second-order valence-corrected chi connectivity index (χ2v) is 6.26. The molecule has 146 valence electrons. The van der Waals surface area contributed by atoms with Gasteiger partial charge in [-0.1, -0.05) is 48.0 Å². The second-order valence-electron chi connectivity index (χ2n) is 5.45. The molecule has 0 saturated carbocycles. The van der Waals surface area contributed by atoms with Gasteiger partial charge in [0.1, 0.15) is 0 Å². The summed E-state index contributed by atoms with van der Waals surface area (Å²) in [5.41, 5.74) is 4.43. The zero-order chi connectivity index (χ0) is 20.9. The highest BCUT2D eigenvalue weighted by molar-refractivity contribution is 6.42. The standard InChI is InChI=1S/C19H14Cl2F3N3O/c1-11(14(9-26-10-25)12-6-7-16(20)17(21)8-12)27-18(28)13-4-2-3-5-15(13)19(22,23)24/h2-10H,1H2,(H2,25,26)(H,27,28)/b14-9+. The fraction of sp³-hybridized carbons (Fsp3) is 0.0526. The van der Waals surface area contributed by atoms with Crippen LogP contribution in [0.4, 0.5) is 13.2 Å². The molecule has 2 aromatic carbocycles. The molecule has 9 heteroatoms. The molecule has 0 bridgehead atoms. The molecule has 2 rings (SSSR count). The largest absolute Gasteiger partial charge is 0.417 e. The number of carbonyl (C=O) groups excluding carboxylic acids is 1. The van der Waals surface area contributed by atoms with E-state index < -0.39 is 23.2 Å². The van der Waals surface area contributed by atoms with Crippen molar-refractivity contribution in [2.75, 3.05) is 0 Å². The highest BCUT2D eigenvalue weighted by Gasteiger charge is 2.35. The van der Waals surface area contributed by atoms with Crippen LogP contribution in [0.3, 0.4) is 0 Å². The maximum atomic E-state index is 13.1. The number of allylic oxidation sites excluding steroid dienone is 1. The lowest BCUT2D eigenvalue weighted by molar-refractivity contribution is -0.137. The fourth-order valence-electron chi connectivity index (χ4n) is 2.31. The Hall–Kier alpha value is -2.77. The summed E-state index contributed by atoms with van der Waals surface area (Å²) >= 11 is 11.9. The average Bonchev–Trinajstić information content (AvgIpc) is 2.64. The highest BCUT2D eigenvalue weighted by Crippen LogP contribution is 2.32. The van der Waals surface area contributed by atoms with Crippen LogP contribution in [0.25, 0.3) is 5.57 Å². The van der Waals surface area contributed by atoms with Gasteiger partial charge in [-0.05, 0) is 29.8 Å². The van der Waals surface area contributed by atoms with Gasteiger partial charge in [0.15, 0.2) is 0 Å². The van der Waals surface area contributed by atoms with Crippen molar-refractivity contribution in [1.82, 2.24) is 5.32 Å². The number of nitrogens with zero attached hydrogens (tertiary/aromatic N) is 1.